The molecule has 90 valence electrons. The zero-order chi connectivity index (χ0) is 12.0. The second-order valence-electron chi connectivity index (χ2n) is 3.70. The van der Waals surface area contributed by atoms with E-state index in [9.17, 15) is 0 Å². The molecule has 2 nitrogen and oxygen atoms in total. The van der Waals surface area contributed by atoms with E-state index in [4.69, 9.17) is 0 Å². The van der Waals surface area contributed by atoms with Gasteiger partial charge in [0.25, 0.3) is 0 Å². The van der Waals surface area contributed by atoms with Gasteiger partial charge >= 0.3 is 0 Å². The molecule has 16 heavy (non-hydrogen) atoms. The number of hydrogen-bond acceptors (Lipinski definition) is 4. The summed E-state index contributed by atoms with van der Waals surface area (Å²) in [6.07, 6.45) is 2.36. The number of hydrogen-bond donors (Lipinski definition) is 0. The molecule has 0 aliphatic heterocycles. The van der Waals surface area contributed by atoms with Gasteiger partial charge in [-0.2, -0.15) is 0 Å². The molecular weight excluding hydrogens is 236 g/mol. The van der Waals surface area contributed by atoms with Gasteiger partial charge in [-0.3, -0.25) is 0 Å². The highest BCUT2D eigenvalue weighted by Gasteiger charge is 2.08. The van der Waals surface area contributed by atoms with Gasteiger partial charge in [0, 0.05) is 0 Å². The third-order valence-electron chi connectivity index (χ3n) is 2.04. The van der Waals surface area contributed by atoms with E-state index >= 15 is 0 Å². The van der Waals surface area contributed by atoms with Crippen LogP contribution in [0.1, 0.15) is 38.1 Å². The number of thioether (sulfide) groups is 2. The average molecular weight is 256 g/mol. The first-order valence-corrected chi connectivity index (χ1v) is 7.77. The summed E-state index contributed by atoms with van der Waals surface area (Å²) in [4.78, 5) is 9.29. The Labute approximate surface area is 107 Å². The first-order valence-electron chi connectivity index (χ1n) is 5.79. The van der Waals surface area contributed by atoms with Crippen molar-refractivity contribution in [1.29, 1.82) is 0 Å². The standard InChI is InChI=1S/C12H20N2S2/c1-5-7-15-11-9(3)14-12(10(4)13-11)16-8-6-2/h5-8H2,1-4H3. The highest BCUT2D eigenvalue weighted by molar-refractivity contribution is 7.99. The maximum Gasteiger partial charge on any atom is 0.118 e. The first kappa shape index (κ1) is 13.8. The molecule has 0 aliphatic rings. The molecule has 0 saturated heterocycles. The molecule has 0 radical (unpaired) electrons. The zero-order valence-electron chi connectivity index (χ0n) is 10.5. The molecular formula is C12H20N2S2. The first-order chi connectivity index (χ1) is 7.69. The number of nitrogens with zero attached hydrogens (tertiary/aromatic N) is 2. The molecule has 0 amide bonds. The Morgan fingerprint density at radius 2 is 1.19 bits per heavy atom. The minimum Gasteiger partial charge on any atom is -0.242 e. The van der Waals surface area contributed by atoms with Gasteiger partial charge in [0.1, 0.15) is 10.1 Å². The van der Waals surface area contributed by atoms with Gasteiger partial charge in [0.05, 0.1) is 11.4 Å². The van der Waals surface area contributed by atoms with Gasteiger partial charge in [-0.15, -0.1) is 23.5 Å². The van der Waals surface area contributed by atoms with Crippen molar-refractivity contribution in [1.82, 2.24) is 9.97 Å². The summed E-state index contributed by atoms with van der Waals surface area (Å²) in [5, 5.41) is 2.19. The largest absolute Gasteiger partial charge is 0.242 e. The molecule has 1 heterocycles. The van der Waals surface area contributed by atoms with Gasteiger partial charge in [0.15, 0.2) is 0 Å². The predicted octanol–water partition coefficient (Wildman–Crippen LogP) is 4.10. The molecule has 0 saturated carbocycles. The molecule has 4 heteroatoms. The van der Waals surface area contributed by atoms with Crippen LogP contribution in [-0.2, 0) is 0 Å². The molecule has 1 aromatic rings. The van der Waals surface area contributed by atoms with Crippen LogP contribution in [0.5, 0.6) is 0 Å². The minimum atomic E-state index is 1.07. The summed E-state index contributed by atoms with van der Waals surface area (Å²) in [5.41, 5.74) is 2.14. The Balaban J connectivity index is 2.79. The molecule has 0 fully saturated rings. The second kappa shape index (κ2) is 7.17. The van der Waals surface area contributed by atoms with Gasteiger partial charge in [0.2, 0.25) is 0 Å². The van der Waals surface area contributed by atoms with Gasteiger partial charge in [-0.1, -0.05) is 13.8 Å². The lowest BCUT2D eigenvalue weighted by atomic mass is 10.4. The van der Waals surface area contributed by atoms with Gasteiger partial charge < -0.3 is 0 Å². The van der Waals surface area contributed by atoms with Crippen LogP contribution in [0.15, 0.2) is 10.1 Å². The topological polar surface area (TPSA) is 25.8 Å². The maximum absolute atomic E-state index is 4.64. The Kier molecular flexibility index (Phi) is 6.21. The van der Waals surface area contributed by atoms with Crippen molar-refractivity contribution in [3.63, 3.8) is 0 Å². The van der Waals surface area contributed by atoms with Crippen LogP contribution in [0.3, 0.4) is 0 Å². The SMILES string of the molecule is CCCSc1nc(C)c(SCCC)nc1C. The Bertz CT molecular complexity index is 306. The molecule has 0 aliphatic carbocycles. The average Bonchev–Trinajstić information content (AvgIpc) is 2.28. The van der Waals surface area contributed by atoms with Crippen molar-refractivity contribution in [2.24, 2.45) is 0 Å². The van der Waals surface area contributed by atoms with E-state index < -0.39 is 0 Å². The third kappa shape index (κ3) is 3.98. The molecule has 0 N–H and O–H groups in total. The zero-order valence-corrected chi connectivity index (χ0v) is 12.2. The number of rotatable bonds is 6. The van der Waals surface area contributed by atoms with Crippen LogP contribution in [0.2, 0.25) is 0 Å². The van der Waals surface area contributed by atoms with E-state index in [2.05, 4.69) is 37.7 Å². The molecule has 0 spiro atoms. The fourth-order valence-corrected chi connectivity index (χ4v) is 2.94. The highest BCUT2D eigenvalue weighted by atomic mass is 32.2. The summed E-state index contributed by atoms with van der Waals surface area (Å²) < 4.78 is 0. The van der Waals surface area contributed by atoms with E-state index in [1.807, 2.05) is 23.5 Å². The van der Waals surface area contributed by atoms with Crippen molar-refractivity contribution in [2.45, 2.75) is 50.6 Å². The summed E-state index contributed by atoms with van der Waals surface area (Å²) >= 11 is 3.62. The number of aromatic nitrogens is 2. The Morgan fingerprint density at radius 1 is 0.812 bits per heavy atom. The predicted molar refractivity (Wildman–Crippen MR) is 73.5 cm³/mol. The quantitative estimate of drug-likeness (QED) is 0.716. The van der Waals surface area contributed by atoms with Crippen LogP contribution in [-0.4, -0.2) is 21.5 Å². The van der Waals surface area contributed by atoms with Crippen molar-refractivity contribution in [2.75, 3.05) is 11.5 Å². The molecule has 0 unspecified atom stereocenters. The summed E-state index contributed by atoms with van der Waals surface area (Å²) in [6, 6.07) is 0. The van der Waals surface area contributed by atoms with E-state index in [1.165, 1.54) is 12.8 Å². The van der Waals surface area contributed by atoms with E-state index in [-0.39, 0.29) is 0 Å². The van der Waals surface area contributed by atoms with Crippen molar-refractivity contribution >= 4 is 23.5 Å². The van der Waals surface area contributed by atoms with Crippen LogP contribution in [0.25, 0.3) is 0 Å². The summed E-state index contributed by atoms with van der Waals surface area (Å²) in [6.45, 7) is 8.49. The molecule has 1 aromatic heterocycles. The molecule has 1 rings (SSSR count). The maximum atomic E-state index is 4.64. The minimum absolute atomic E-state index is 1.07. The van der Waals surface area contributed by atoms with E-state index in [1.54, 1.807) is 0 Å². The Morgan fingerprint density at radius 3 is 1.50 bits per heavy atom. The molecule has 0 bridgehead atoms. The van der Waals surface area contributed by atoms with Crippen molar-refractivity contribution < 1.29 is 0 Å². The van der Waals surface area contributed by atoms with Crippen LogP contribution in [0.4, 0.5) is 0 Å². The van der Waals surface area contributed by atoms with Crippen molar-refractivity contribution in [3.05, 3.63) is 11.4 Å². The van der Waals surface area contributed by atoms with Crippen molar-refractivity contribution in [3.8, 4) is 0 Å². The highest BCUT2D eigenvalue weighted by Crippen LogP contribution is 2.25. The third-order valence-corrected chi connectivity index (χ3v) is 4.59. The lowest BCUT2D eigenvalue weighted by molar-refractivity contribution is 0.864. The van der Waals surface area contributed by atoms with Crippen LogP contribution < -0.4 is 0 Å². The fourth-order valence-electron chi connectivity index (χ4n) is 1.23. The fraction of sp³-hybridized carbons (Fsp3) is 0.667. The second-order valence-corrected chi connectivity index (χ2v) is 5.87. The smallest absolute Gasteiger partial charge is 0.118 e. The number of aryl methyl sites for hydroxylation is 2. The van der Waals surface area contributed by atoms with E-state index in [0.717, 1.165) is 32.9 Å². The lowest BCUT2D eigenvalue weighted by Crippen LogP contribution is -1.98. The lowest BCUT2D eigenvalue weighted by Gasteiger charge is -2.08. The molecule has 0 aromatic carbocycles. The summed E-state index contributed by atoms with van der Waals surface area (Å²) in [5.74, 6) is 2.24. The van der Waals surface area contributed by atoms with Gasteiger partial charge in [-0.05, 0) is 38.2 Å². The normalized spacial score (nSPS) is 10.8. The summed E-state index contributed by atoms with van der Waals surface area (Å²) in [7, 11) is 0. The monoisotopic (exact) mass is 256 g/mol. The van der Waals surface area contributed by atoms with E-state index in [0.29, 0.717) is 0 Å². The van der Waals surface area contributed by atoms with Crippen LogP contribution in [0, 0.1) is 13.8 Å². The molecule has 0 atom stereocenters. The van der Waals surface area contributed by atoms with Crippen LogP contribution >= 0.6 is 23.5 Å². The van der Waals surface area contributed by atoms with Gasteiger partial charge in [-0.25, -0.2) is 9.97 Å². The Hall–Kier alpha value is -0.220.